The lowest BCUT2D eigenvalue weighted by Crippen LogP contribution is -2.47. The second kappa shape index (κ2) is 4.81. The third-order valence-corrected chi connectivity index (χ3v) is 4.33. The summed E-state index contributed by atoms with van der Waals surface area (Å²) in [6.45, 7) is 1.12. The third kappa shape index (κ3) is 2.25. The normalized spacial score (nSPS) is 28.9. The van der Waals surface area contributed by atoms with Gasteiger partial charge in [0.25, 0.3) is 0 Å². The molecule has 2 heterocycles. The number of fused-ring (bicyclic) bond motifs is 1. The van der Waals surface area contributed by atoms with Crippen LogP contribution >= 0.6 is 11.6 Å². The van der Waals surface area contributed by atoms with Gasteiger partial charge in [-0.2, -0.15) is 0 Å². The van der Waals surface area contributed by atoms with Crippen LogP contribution in [0.15, 0.2) is 12.3 Å². The Bertz CT molecular complexity index is 394. The Hall–Kier alpha value is -0.830. The lowest BCUT2D eigenvalue weighted by molar-refractivity contribution is 0.242. The molecule has 1 aromatic heterocycles. The van der Waals surface area contributed by atoms with E-state index in [2.05, 4.69) is 14.9 Å². The molecule has 3 nitrogen and oxygen atoms in total. The van der Waals surface area contributed by atoms with E-state index in [4.69, 9.17) is 11.6 Å². The number of hydrogen-bond acceptors (Lipinski definition) is 3. The average molecular weight is 252 g/mol. The first-order chi connectivity index (χ1) is 8.34. The molecule has 0 amide bonds. The molecule has 4 heteroatoms. The molecule has 1 saturated carbocycles. The molecule has 0 unspecified atom stereocenters. The second-order valence-electron chi connectivity index (χ2n) is 5.13. The fourth-order valence-corrected chi connectivity index (χ4v) is 3.54. The molecule has 17 heavy (non-hydrogen) atoms. The van der Waals surface area contributed by atoms with Crippen molar-refractivity contribution in [3.8, 4) is 0 Å². The Labute approximate surface area is 107 Å². The molecule has 0 radical (unpaired) electrons. The molecule has 2 fully saturated rings. The lowest BCUT2D eigenvalue weighted by Gasteiger charge is -2.44. The molecule has 2 atom stereocenters. The number of nitrogens with zero attached hydrogens (tertiary/aromatic N) is 3. The summed E-state index contributed by atoms with van der Waals surface area (Å²) in [6, 6.07) is 2.67. The zero-order valence-electron chi connectivity index (χ0n) is 9.98. The summed E-state index contributed by atoms with van der Waals surface area (Å²) in [7, 11) is 0. The molecule has 2 aliphatic rings. The molecular weight excluding hydrogens is 234 g/mol. The van der Waals surface area contributed by atoms with Crippen molar-refractivity contribution in [1.82, 2.24) is 9.97 Å². The summed E-state index contributed by atoms with van der Waals surface area (Å²) in [5, 5.41) is 0.362. The minimum atomic E-state index is 0.362. The van der Waals surface area contributed by atoms with Crippen molar-refractivity contribution in [2.24, 2.45) is 5.92 Å². The highest BCUT2D eigenvalue weighted by molar-refractivity contribution is 6.28. The van der Waals surface area contributed by atoms with Gasteiger partial charge in [0.15, 0.2) is 0 Å². The monoisotopic (exact) mass is 251 g/mol. The van der Waals surface area contributed by atoms with Gasteiger partial charge < -0.3 is 4.90 Å². The number of piperidine rings is 1. The van der Waals surface area contributed by atoms with E-state index in [-0.39, 0.29) is 0 Å². The highest BCUT2D eigenvalue weighted by Gasteiger charge is 2.33. The van der Waals surface area contributed by atoms with E-state index in [0.29, 0.717) is 11.3 Å². The van der Waals surface area contributed by atoms with Crippen molar-refractivity contribution in [3.05, 3.63) is 17.5 Å². The van der Waals surface area contributed by atoms with Crippen molar-refractivity contribution in [3.63, 3.8) is 0 Å². The smallest absolute Gasteiger partial charge is 0.224 e. The molecule has 1 aliphatic carbocycles. The van der Waals surface area contributed by atoms with Gasteiger partial charge in [-0.3, -0.25) is 0 Å². The van der Waals surface area contributed by atoms with Gasteiger partial charge in [-0.1, -0.05) is 12.8 Å². The van der Waals surface area contributed by atoms with E-state index in [1.54, 1.807) is 6.20 Å². The summed E-state index contributed by atoms with van der Waals surface area (Å²) >= 11 is 5.89. The first-order valence-corrected chi connectivity index (χ1v) is 6.97. The van der Waals surface area contributed by atoms with Crippen molar-refractivity contribution >= 4 is 17.4 Å². The standard InChI is InChI=1S/C13H18ClN3/c14-13-15-8-7-12(16-13)17-9-3-5-10-4-1-2-6-11(10)17/h7-8,10-11H,1-6,9H2/t10-,11+/m1/s1. The highest BCUT2D eigenvalue weighted by atomic mass is 35.5. The number of rotatable bonds is 1. The van der Waals surface area contributed by atoms with Crippen molar-refractivity contribution in [2.75, 3.05) is 11.4 Å². The number of halogens is 1. The van der Waals surface area contributed by atoms with Crippen molar-refractivity contribution in [1.29, 1.82) is 0 Å². The van der Waals surface area contributed by atoms with Crippen molar-refractivity contribution < 1.29 is 0 Å². The number of hydrogen-bond donors (Lipinski definition) is 0. The first kappa shape index (κ1) is 11.3. The predicted octanol–water partition coefficient (Wildman–Crippen LogP) is 3.29. The van der Waals surface area contributed by atoms with Crippen LogP contribution in [0.2, 0.25) is 5.28 Å². The van der Waals surface area contributed by atoms with Crippen LogP contribution in [0.1, 0.15) is 38.5 Å². The molecule has 1 aromatic rings. The van der Waals surface area contributed by atoms with E-state index >= 15 is 0 Å². The Balaban J connectivity index is 1.85. The molecule has 0 spiro atoms. The minimum Gasteiger partial charge on any atom is -0.353 e. The average Bonchev–Trinajstić information content (AvgIpc) is 2.38. The van der Waals surface area contributed by atoms with Gasteiger partial charge >= 0.3 is 0 Å². The summed E-state index contributed by atoms with van der Waals surface area (Å²) in [6.07, 6.45) is 9.89. The van der Waals surface area contributed by atoms with Crippen LogP contribution in [0.3, 0.4) is 0 Å². The van der Waals surface area contributed by atoms with Gasteiger partial charge in [-0.15, -0.1) is 0 Å². The maximum atomic E-state index is 5.89. The summed E-state index contributed by atoms with van der Waals surface area (Å²) in [5.41, 5.74) is 0. The molecule has 0 aromatic carbocycles. The Kier molecular flexibility index (Phi) is 3.19. The van der Waals surface area contributed by atoms with Gasteiger partial charge in [0, 0.05) is 18.8 Å². The largest absolute Gasteiger partial charge is 0.353 e. The van der Waals surface area contributed by atoms with Crippen LogP contribution in [-0.4, -0.2) is 22.6 Å². The highest BCUT2D eigenvalue weighted by Crippen LogP contribution is 2.37. The van der Waals surface area contributed by atoms with Gasteiger partial charge in [-0.05, 0) is 49.3 Å². The molecular formula is C13H18ClN3. The molecule has 0 N–H and O–H groups in total. The van der Waals surface area contributed by atoms with E-state index in [9.17, 15) is 0 Å². The minimum absolute atomic E-state index is 0.362. The van der Waals surface area contributed by atoms with Crippen LogP contribution < -0.4 is 4.90 Å². The second-order valence-corrected chi connectivity index (χ2v) is 5.47. The van der Waals surface area contributed by atoms with Gasteiger partial charge in [0.1, 0.15) is 5.82 Å². The molecule has 1 aliphatic heterocycles. The zero-order chi connectivity index (χ0) is 11.7. The molecule has 1 saturated heterocycles. The van der Waals surface area contributed by atoms with Crippen LogP contribution in [0.25, 0.3) is 0 Å². The Morgan fingerprint density at radius 1 is 1.18 bits per heavy atom. The summed E-state index contributed by atoms with van der Waals surface area (Å²) in [4.78, 5) is 10.8. The van der Waals surface area contributed by atoms with Crippen LogP contribution in [-0.2, 0) is 0 Å². The molecule has 3 rings (SSSR count). The molecule has 0 bridgehead atoms. The zero-order valence-corrected chi connectivity index (χ0v) is 10.7. The van der Waals surface area contributed by atoms with Crippen LogP contribution in [0.4, 0.5) is 5.82 Å². The van der Waals surface area contributed by atoms with Crippen molar-refractivity contribution in [2.45, 2.75) is 44.6 Å². The van der Waals surface area contributed by atoms with Gasteiger partial charge in [0.2, 0.25) is 5.28 Å². The number of aromatic nitrogens is 2. The third-order valence-electron chi connectivity index (χ3n) is 4.15. The SMILES string of the molecule is Clc1nccc(N2CCC[C@H]3CCCC[C@@H]32)n1. The quantitative estimate of drug-likeness (QED) is 0.718. The Morgan fingerprint density at radius 2 is 2.00 bits per heavy atom. The van der Waals surface area contributed by atoms with Gasteiger partial charge in [-0.25, -0.2) is 9.97 Å². The number of anilines is 1. The van der Waals surface area contributed by atoms with Crippen LogP contribution in [0, 0.1) is 5.92 Å². The van der Waals surface area contributed by atoms with E-state index in [1.807, 2.05) is 6.07 Å². The fourth-order valence-electron chi connectivity index (χ4n) is 3.40. The summed E-state index contributed by atoms with van der Waals surface area (Å²) < 4.78 is 0. The maximum absolute atomic E-state index is 5.89. The van der Waals surface area contributed by atoms with E-state index in [1.165, 1.54) is 38.5 Å². The van der Waals surface area contributed by atoms with Gasteiger partial charge in [0.05, 0.1) is 0 Å². The first-order valence-electron chi connectivity index (χ1n) is 6.60. The van der Waals surface area contributed by atoms with E-state index < -0.39 is 0 Å². The molecule has 92 valence electrons. The predicted molar refractivity (Wildman–Crippen MR) is 69.4 cm³/mol. The fraction of sp³-hybridized carbons (Fsp3) is 0.692. The summed E-state index contributed by atoms with van der Waals surface area (Å²) in [5.74, 6) is 1.88. The van der Waals surface area contributed by atoms with Crippen LogP contribution in [0.5, 0.6) is 0 Å². The van der Waals surface area contributed by atoms with E-state index in [0.717, 1.165) is 18.3 Å². The Morgan fingerprint density at radius 3 is 2.88 bits per heavy atom. The topological polar surface area (TPSA) is 29.0 Å². The lowest BCUT2D eigenvalue weighted by atomic mass is 9.78. The maximum Gasteiger partial charge on any atom is 0.224 e.